The molecule has 1 heteroatoms. The normalized spacial score (nSPS) is 28.7. The summed E-state index contributed by atoms with van der Waals surface area (Å²) >= 11 is 0. The van der Waals surface area contributed by atoms with E-state index in [0.717, 1.165) is 5.92 Å². The van der Waals surface area contributed by atoms with Gasteiger partial charge in [0.2, 0.25) is 0 Å². The van der Waals surface area contributed by atoms with Crippen molar-refractivity contribution in [1.29, 1.82) is 0 Å². The van der Waals surface area contributed by atoms with Gasteiger partial charge in [-0.25, -0.2) is 0 Å². The molecular weight excluding hydrogens is 206 g/mol. The first-order chi connectivity index (χ1) is 8.03. The number of rotatable bonds is 3. The Morgan fingerprint density at radius 2 is 1.88 bits per heavy atom. The van der Waals surface area contributed by atoms with Crippen molar-refractivity contribution >= 4 is 0 Å². The van der Waals surface area contributed by atoms with Crippen LogP contribution in [0.4, 0.5) is 0 Å². The summed E-state index contributed by atoms with van der Waals surface area (Å²) in [6, 6.07) is 0. The molecule has 0 radical (unpaired) electrons. The molecule has 0 aromatic heterocycles. The number of allylic oxidation sites excluding steroid dienone is 1. The van der Waals surface area contributed by atoms with Crippen LogP contribution in [0.5, 0.6) is 0 Å². The molecule has 1 unspecified atom stereocenters. The first kappa shape index (κ1) is 13.0. The first-order valence-electron chi connectivity index (χ1n) is 7.47. The summed E-state index contributed by atoms with van der Waals surface area (Å²) in [6.07, 6.45) is 8.68. The monoisotopic (exact) mass is 235 g/mol. The fourth-order valence-corrected chi connectivity index (χ4v) is 3.72. The molecule has 0 N–H and O–H groups in total. The molecule has 1 aliphatic heterocycles. The molecule has 2 fully saturated rings. The highest BCUT2D eigenvalue weighted by molar-refractivity contribution is 5.02. The molecule has 1 aliphatic carbocycles. The van der Waals surface area contributed by atoms with Crippen LogP contribution >= 0.6 is 0 Å². The van der Waals surface area contributed by atoms with Crippen molar-refractivity contribution in [3.63, 3.8) is 0 Å². The van der Waals surface area contributed by atoms with Crippen molar-refractivity contribution in [2.24, 2.45) is 17.3 Å². The van der Waals surface area contributed by atoms with Gasteiger partial charge in [0.25, 0.3) is 0 Å². The topological polar surface area (TPSA) is 3.24 Å². The van der Waals surface area contributed by atoms with Crippen molar-refractivity contribution in [2.45, 2.75) is 59.3 Å². The maximum Gasteiger partial charge on any atom is 0.0209 e. The van der Waals surface area contributed by atoms with Crippen molar-refractivity contribution in [2.75, 3.05) is 13.1 Å². The van der Waals surface area contributed by atoms with Crippen molar-refractivity contribution < 1.29 is 0 Å². The Hall–Kier alpha value is -0.460. The minimum atomic E-state index is 0.605. The molecule has 0 amide bonds. The van der Waals surface area contributed by atoms with Gasteiger partial charge in [-0.15, -0.1) is 0 Å². The number of hydrogen-bond acceptors (Lipinski definition) is 1. The molecule has 98 valence electrons. The maximum atomic E-state index is 4.26. The highest BCUT2D eigenvalue weighted by Gasteiger charge is 2.39. The molecule has 17 heavy (non-hydrogen) atoms. The first-order valence-corrected chi connectivity index (χ1v) is 7.47. The third-order valence-electron chi connectivity index (χ3n) is 5.24. The Labute approximate surface area is 107 Å². The lowest BCUT2D eigenvalue weighted by atomic mass is 9.67. The lowest BCUT2D eigenvalue weighted by Crippen LogP contribution is -2.32. The summed E-state index contributed by atoms with van der Waals surface area (Å²) in [5.41, 5.74) is 1.98. The fraction of sp³-hybridized carbons (Fsp3) is 0.875. The average Bonchev–Trinajstić information content (AvgIpc) is 2.78. The summed E-state index contributed by atoms with van der Waals surface area (Å²) in [6.45, 7) is 13.8. The molecule has 0 aromatic carbocycles. The van der Waals surface area contributed by atoms with Gasteiger partial charge < -0.3 is 4.90 Å². The van der Waals surface area contributed by atoms with E-state index in [-0.39, 0.29) is 0 Å². The molecule has 0 aromatic rings. The quantitative estimate of drug-likeness (QED) is 0.698. The summed E-state index contributed by atoms with van der Waals surface area (Å²) < 4.78 is 0. The molecule has 0 bridgehead atoms. The summed E-state index contributed by atoms with van der Waals surface area (Å²) in [4.78, 5) is 2.55. The minimum Gasteiger partial charge on any atom is -0.375 e. The van der Waals surface area contributed by atoms with Crippen molar-refractivity contribution in [3.8, 4) is 0 Å². The van der Waals surface area contributed by atoms with E-state index in [1.165, 1.54) is 57.3 Å². The molecule has 1 saturated heterocycles. The van der Waals surface area contributed by atoms with Gasteiger partial charge >= 0.3 is 0 Å². The smallest absolute Gasteiger partial charge is 0.0209 e. The molecule has 2 aliphatic rings. The molecular formula is C16H29N. The number of nitrogens with zero attached hydrogens (tertiary/aromatic N) is 1. The van der Waals surface area contributed by atoms with Crippen LogP contribution in [0.2, 0.25) is 0 Å². The fourth-order valence-electron chi connectivity index (χ4n) is 3.72. The third-order valence-corrected chi connectivity index (χ3v) is 5.24. The standard InChI is InChI=1S/C16H29N/c1-13(2)14(3)17-11-8-15(12-17)16(4)9-6-5-7-10-16/h13,15H,3,5-12H2,1-2,4H3. The SMILES string of the molecule is C=C(C(C)C)N1CCC(C2(C)CCCCC2)C1. The van der Waals surface area contributed by atoms with Crippen LogP contribution in [0, 0.1) is 17.3 Å². The van der Waals surface area contributed by atoms with Crippen molar-refractivity contribution in [3.05, 3.63) is 12.3 Å². The zero-order valence-corrected chi connectivity index (χ0v) is 12.0. The van der Waals surface area contributed by atoms with Crippen LogP contribution in [-0.4, -0.2) is 18.0 Å². The Kier molecular flexibility index (Phi) is 3.85. The lowest BCUT2D eigenvalue weighted by Gasteiger charge is -2.39. The predicted molar refractivity (Wildman–Crippen MR) is 74.9 cm³/mol. The van der Waals surface area contributed by atoms with E-state index < -0.39 is 0 Å². The highest BCUT2D eigenvalue weighted by atomic mass is 15.2. The van der Waals surface area contributed by atoms with Crippen LogP contribution in [0.15, 0.2) is 12.3 Å². The van der Waals surface area contributed by atoms with E-state index in [0.29, 0.717) is 11.3 Å². The largest absolute Gasteiger partial charge is 0.375 e. The van der Waals surface area contributed by atoms with E-state index in [4.69, 9.17) is 0 Å². The molecule has 1 nitrogen and oxygen atoms in total. The summed E-state index contributed by atoms with van der Waals surface area (Å²) in [5.74, 6) is 1.52. The minimum absolute atomic E-state index is 0.605. The van der Waals surface area contributed by atoms with Gasteiger partial charge in [0, 0.05) is 18.8 Å². The molecule has 2 rings (SSSR count). The van der Waals surface area contributed by atoms with Crippen LogP contribution in [0.25, 0.3) is 0 Å². The zero-order valence-electron chi connectivity index (χ0n) is 12.0. The van der Waals surface area contributed by atoms with E-state index in [1.54, 1.807) is 0 Å². The summed E-state index contributed by atoms with van der Waals surface area (Å²) in [5, 5.41) is 0. The van der Waals surface area contributed by atoms with E-state index in [1.807, 2.05) is 0 Å². The van der Waals surface area contributed by atoms with Crippen LogP contribution in [0.1, 0.15) is 59.3 Å². The van der Waals surface area contributed by atoms with Crippen LogP contribution in [0.3, 0.4) is 0 Å². The Morgan fingerprint density at radius 3 is 2.47 bits per heavy atom. The van der Waals surface area contributed by atoms with E-state index in [2.05, 4.69) is 32.3 Å². The number of hydrogen-bond donors (Lipinski definition) is 0. The van der Waals surface area contributed by atoms with E-state index >= 15 is 0 Å². The van der Waals surface area contributed by atoms with Gasteiger partial charge in [-0.2, -0.15) is 0 Å². The summed E-state index contributed by atoms with van der Waals surface area (Å²) in [7, 11) is 0. The molecule has 0 spiro atoms. The molecule has 1 heterocycles. The van der Waals surface area contributed by atoms with Gasteiger partial charge in [-0.1, -0.05) is 46.6 Å². The lowest BCUT2D eigenvalue weighted by molar-refractivity contribution is 0.123. The van der Waals surface area contributed by atoms with Crippen LogP contribution in [-0.2, 0) is 0 Å². The number of likely N-dealkylation sites (tertiary alicyclic amines) is 1. The maximum absolute atomic E-state index is 4.26. The second-order valence-corrected chi connectivity index (χ2v) is 6.79. The average molecular weight is 235 g/mol. The van der Waals surface area contributed by atoms with Gasteiger partial charge in [0.05, 0.1) is 0 Å². The van der Waals surface area contributed by atoms with E-state index in [9.17, 15) is 0 Å². The Morgan fingerprint density at radius 1 is 1.24 bits per heavy atom. The third kappa shape index (κ3) is 2.69. The van der Waals surface area contributed by atoms with Crippen LogP contribution < -0.4 is 0 Å². The van der Waals surface area contributed by atoms with Gasteiger partial charge in [-0.3, -0.25) is 0 Å². The highest BCUT2D eigenvalue weighted by Crippen LogP contribution is 2.46. The molecule has 1 saturated carbocycles. The second-order valence-electron chi connectivity index (χ2n) is 6.79. The second kappa shape index (κ2) is 5.04. The van der Waals surface area contributed by atoms with Gasteiger partial charge in [-0.05, 0) is 36.5 Å². The Balaban J connectivity index is 1.95. The van der Waals surface area contributed by atoms with Crippen molar-refractivity contribution in [1.82, 2.24) is 4.90 Å². The zero-order chi connectivity index (χ0) is 12.5. The van der Waals surface area contributed by atoms with Gasteiger partial charge in [0.1, 0.15) is 0 Å². The molecule has 1 atom stereocenters. The Bertz CT molecular complexity index is 273. The van der Waals surface area contributed by atoms with Gasteiger partial charge in [0.15, 0.2) is 0 Å². The predicted octanol–water partition coefficient (Wildman–Crippen LogP) is 4.45.